The molecule has 1 aromatic rings. The van der Waals surface area contributed by atoms with Gasteiger partial charge in [-0.15, -0.1) is 0 Å². The number of phenolic OH excluding ortho intramolecular Hbond substituents is 1. The Morgan fingerprint density at radius 2 is 1.95 bits per heavy atom. The molecule has 2 N–H and O–H groups in total. The Labute approximate surface area is 112 Å². The Hall–Kier alpha value is -1.78. The molecule has 5 nitrogen and oxygen atoms in total. The van der Waals surface area contributed by atoms with Gasteiger partial charge in [-0.25, -0.2) is 0 Å². The number of nitrogens with zero attached hydrogens (tertiary/aromatic N) is 1. The predicted molar refractivity (Wildman–Crippen MR) is 74.4 cm³/mol. The first-order chi connectivity index (χ1) is 8.99. The van der Waals surface area contributed by atoms with Crippen molar-refractivity contribution in [2.45, 2.75) is 39.2 Å². The fourth-order valence-corrected chi connectivity index (χ4v) is 2.94. The maximum absolute atomic E-state index is 11.0. The second kappa shape index (κ2) is 5.47. The molecule has 0 aliphatic heterocycles. The van der Waals surface area contributed by atoms with Crippen molar-refractivity contribution in [3.8, 4) is 5.75 Å². The van der Waals surface area contributed by atoms with Crippen LogP contribution in [-0.4, -0.2) is 16.1 Å². The van der Waals surface area contributed by atoms with Crippen LogP contribution in [0.2, 0.25) is 0 Å². The summed E-state index contributed by atoms with van der Waals surface area (Å²) in [7, 11) is 0. The highest BCUT2D eigenvalue weighted by Gasteiger charge is 2.29. The monoisotopic (exact) mass is 264 g/mol. The molecule has 1 aliphatic carbocycles. The number of nitro groups is 1. The van der Waals surface area contributed by atoms with Crippen LogP contribution in [0.25, 0.3) is 0 Å². The second-order valence-corrected chi connectivity index (χ2v) is 5.51. The fourth-order valence-electron chi connectivity index (χ4n) is 2.94. The predicted octanol–water partition coefficient (Wildman–Crippen LogP) is 3.54. The highest BCUT2D eigenvalue weighted by molar-refractivity contribution is 5.64. The third-order valence-electron chi connectivity index (χ3n) is 4.05. The first-order valence-electron chi connectivity index (χ1n) is 6.73. The van der Waals surface area contributed by atoms with Crippen LogP contribution in [0.15, 0.2) is 18.2 Å². The summed E-state index contributed by atoms with van der Waals surface area (Å²) in [6, 6.07) is 4.51. The minimum Gasteiger partial charge on any atom is -0.508 e. The van der Waals surface area contributed by atoms with Gasteiger partial charge in [-0.2, -0.15) is 0 Å². The summed E-state index contributed by atoms with van der Waals surface area (Å²) in [5.41, 5.74) is 0.429. The Bertz CT molecular complexity index is 466. The maximum Gasteiger partial charge on any atom is 0.296 e. The molecule has 0 bridgehead atoms. The minimum absolute atomic E-state index is 0.0648. The van der Waals surface area contributed by atoms with Crippen LogP contribution >= 0.6 is 0 Å². The number of hydrogen-bond acceptors (Lipinski definition) is 4. The SMILES string of the molecule is CC1CCCC(C)C1Nc1ccc(O)cc1[N+](=O)[O-]. The first kappa shape index (κ1) is 13.6. The topological polar surface area (TPSA) is 75.4 Å². The molecule has 0 heterocycles. The number of nitro benzene ring substituents is 1. The van der Waals surface area contributed by atoms with Crippen LogP contribution in [0.4, 0.5) is 11.4 Å². The Balaban J connectivity index is 2.24. The van der Waals surface area contributed by atoms with Crippen LogP contribution < -0.4 is 5.32 Å². The fraction of sp³-hybridized carbons (Fsp3) is 0.571. The summed E-state index contributed by atoms with van der Waals surface area (Å²) in [4.78, 5) is 10.6. The van der Waals surface area contributed by atoms with E-state index < -0.39 is 4.92 Å². The van der Waals surface area contributed by atoms with E-state index >= 15 is 0 Å². The zero-order valence-electron chi connectivity index (χ0n) is 11.3. The minimum atomic E-state index is -0.458. The van der Waals surface area contributed by atoms with Crippen LogP contribution in [0.1, 0.15) is 33.1 Å². The molecule has 1 fully saturated rings. The molecule has 0 aromatic heterocycles. The Morgan fingerprint density at radius 3 is 2.53 bits per heavy atom. The van der Waals surface area contributed by atoms with Crippen molar-refractivity contribution in [3.05, 3.63) is 28.3 Å². The van der Waals surface area contributed by atoms with Crippen molar-refractivity contribution in [1.82, 2.24) is 0 Å². The third-order valence-corrected chi connectivity index (χ3v) is 4.05. The van der Waals surface area contributed by atoms with Crippen molar-refractivity contribution in [1.29, 1.82) is 0 Å². The van der Waals surface area contributed by atoms with Gasteiger partial charge in [0.15, 0.2) is 0 Å². The molecule has 1 saturated carbocycles. The average molecular weight is 264 g/mol. The molecule has 2 atom stereocenters. The first-order valence-corrected chi connectivity index (χ1v) is 6.73. The van der Waals surface area contributed by atoms with Gasteiger partial charge in [0.1, 0.15) is 11.4 Å². The summed E-state index contributed by atoms with van der Waals surface area (Å²) in [5, 5.41) is 23.7. The van der Waals surface area contributed by atoms with Crippen LogP contribution in [-0.2, 0) is 0 Å². The van der Waals surface area contributed by atoms with Gasteiger partial charge in [-0.05, 0) is 36.8 Å². The summed E-state index contributed by atoms with van der Waals surface area (Å²) in [5.74, 6) is 0.913. The van der Waals surface area contributed by atoms with Gasteiger partial charge in [0.25, 0.3) is 5.69 Å². The van der Waals surface area contributed by atoms with E-state index in [0.717, 1.165) is 12.8 Å². The van der Waals surface area contributed by atoms with Crippen LogP contribution in [0.3, 0.4) is 0 Å². The van der Waals surface area contributed by atoms with Crippen molar-refractivity contribution < 1.29 is 10.0 Å². The molecular formula is C14H20N2O3. The molecule has 1 aliphatic rings. The number of benzene rings is 1. The lowest BCUT2D eigenvalue weighted by atomic mass is 9.78. The van der Waals surface area contributed by atoms with Crippen molar-refractivity contribution in [3.63, 3.8) is 0 Å². The van der Waals surface area contributed by atoms with Gasteiger partial charge in [-0.1, -0.05) is 20.3 Å². The lowest BCUT2D eigenvalue weighted by molar-refractivity contribution is -0.384. The summed E-state index contributed by atoms with van der Waals surface area (Å²) < 4.78 is 0. The van der Waals surface area contributed by atoms with E-state index in [4.69, 9.17) is 0 Å². The quantitative estimate of drug-likeness (QED) is 0.497. The number of hydrogen-bond donors (Lipinski definition) is 2. The van der Waals surface area contributed by atoms with Gasteiger partial charge in [0, 0.05) is 6.04 Å². The van der Waals surface area contributed by atoms with Gasteiger partial charge in [0.05, 0.1) is 11.0 Å². The molecule has 5 heteroatoms. The molecule has 0 radical (unpaired) electrons. The van der Waals surface area contributed by atoms with E-state index in [1.807, 2.05) is 0 Å². The number of aromatic hydroxyl groups is 1. The van der Waals surface area contributed by atoms with E-state index in [1.54, 1.807) is 6.07 Å². The third kappa shape index (κ3) is 2.97. The van der Waals surface area contributed by atoms with Gasteiger partial charge in [-0.3, -0.25) is 10.1 Å². The summed E-state index contributed by atoms with van der Waals surface area (Å²) >= 11 is 0. The van der Waals surface area contributed by atoms with E-state index in [9.17, 15) is 15.2 Å². The molecule has 0 spiro atoms. The highest BCUT2D eigenvalue weighted by Crippen LogP contribution is 2.35. The smallest absolute Gasteiger partial charge is 0.296 e. The van der Waals surface area contributed by atoms with Crippen molar-refractivity contribution in [2.24, 2.45) is 11.8 Å². The van der Waals surface area contributed by atoms with Crippen molar-refractivity contribution in [2.75, 3.05) is 5.32 Å². The number of phenols is 1. The summed E-state index contributed by atoms with van der Waals surface area (Å²) in [6.07, 6.45) is 3.51. The summed E-state index contributed by atoms with van der Waals surface area (Å²) in [6.45, 7) is 4.36. The van der Waals surface area contributed by atoms with E-state index in [1.165, 1.54) is 18.6 Å². The standard InChI is InChI=1S/C14H20N2O3/c1-9-4-3-5-10(2)14(9)15-12-7-6-11(17)8-13(12)16(18)19/h6-10,14-15,17H,3-5H2,1-2H3. The molecule has 2 unspecified atom stereocenters. The van der Waals surface area contributed by atoms with Crippen molar-refractivity contribution >= 4 is 11.4 Å². The number of rotatable bonds is 3. The molecule has 0 amide bonds. The number of nitrogens with one attached hydrogen (secondary N) is 1. The molecule has 19 heavy (non-hydrogen) atoms. The number of anilines is 1. The zero-order chi connectivity index (χ0) is 14.0. The van der Waals surface area contributed by atoms with Gasteiger partial charge < -0.3 is 10.4 Å². The average Bonchev–Trinajstić information content (AvgIpc) is 2.35. The van der Waals surface area contributed by atoms with E-state index in [0.29, 0.717) is 17.5 Å². The zero-order valence-corrected chi connectivity index (χ0v) is 11.3. The Morgan fingerprint density at radius 1 is 1.32 bits per heavy atom. The Kier molecular flexibility index (Phi) is 3.93. The maximum atomic E-state index is 11.0. The normalized spacial score (nSPS) is 26.9. The highest BCUT2D eigenvalue weighted by atomic mass is 16.6. The molecule has 104 valence electrons. The molecule has 1 aromatic carbocycles. The van der Waals surface area contributed by atoms with Crippen LogP contribution in [0.5, 0.6) is 5.75 Å². The lowest BCUT2D eigenvalue weighted by Crippen LogP contribution is -2.37. The van der Waals surface area contributed by atoms with Gasteiger partial charge >= 0.3 is 0 Å². The second-order valence-electron chi connectivity index (χ2n) is 5.51. The lowest BCUT2D eigenvalue weighted by Gasteiger charge is -2.35. The van der Waals surface area contributed by atoms with E-state index in [-0.39, 0.29) is 17.5 Å². The van der Waals surface area contributed by atoms with E-state index in [2.05, 4.69) is 19.2 Å². The molecule has 0 saturated heterocycles. The van der Waals surface area contributed by atoms with Gasteiger partial charge in [0.2, 0.25) is 0 Å². The molecular weight excluding hydrogens is 244 g/mol. The molecule has 2 rings (SSSR count). The van der Waals surface area contributed by atoms with Crippen LogP contribution in [0, 0.1) is 22.0 Å². The largest absolute Gasteiger partial charge is 0.508 e.